The summed E-state index contributed by atoms with van der Waals surface area (Å²) in [5.41, 5.74) is -0.0752. The van der Waals surface area contributed by atoms with E-state index in [1.54, 1.807) is 19.2 Å². The van der Waals surface area contributed by atoms with E-state index < -0.39 is 0 Å². The maximum absolute atomic E-state index is 11.8. The molecule has 0 fully saturated rings. The molecule has 0 aliphatic rings. The Morgan fingerprint density at radius 2 is 2.07 bits per heavy atom. The molecule has 1 heterocycles. The topological polar surface area (TPSA) is 22.0 Å². The molecule has 2 aromatic rings. The van der Waals surface area contributed by atoms with Crippen molar-refractivity contribution in [1.82, 2.24) is 4.57 Å². The molecule has 0 bridgehead atoms. The Kier molecular flexibility index (Phi) is 2.37. The van der Waals surface area contributed by atoms with Gasteiger partial charge in [-0.15, -0.1) is 0 Å². The minimum atomic E-state index is -0.0752. The van der Waals surface area contributed by atoms with Gasteiger partial charge in [0.1, 0.15) is 5.15 Å². The molecule has 2 nitrogen and oxygen atoms in total. The van der Waals surface area contributed by atoms with Crippen LogP contribution < -0.4 is 5.56 Å². The van der Waals surface area contributed by atoms with Gasteiger partial charge in [-0.05, 0) is 18.2 Å². The van der Waals surface area contributed by atoms with Crippen molar-refractivity contribution in [2.24, 2.45) is 7.05 Å². The van der Waals surface area contributed by atoms with Gasteiger partial charge in [0.25, 0.3) is 5.56 Å². The van der Waals surface area contributed by atoms with Gasteiger partial charge in [0.2, 0.25) is 0 Å². The van der Waals surface area contributed by atoms with Crippen molar-refractivity contribution in [2.75, 3.05) is 0 Å². The highest BCUT2D eigenvalue weighted by atomic mass is 79.9. The van der Waals surface area contributed by atoms with E-state index in [1.165, 1.54) is 4.57 Å². The Bertz CT molecular complexity index is 562. The van der Waals surface area contributed by atoms with Crippen LogP contribution in [0.25, 0.3) is 10.8 Å². The molecule has 2 rings (SSSR count). The zero-order valence-corrected chi connectivity index (χ0v) is 9.76. The zero-order valence-electron chi connectivity index (χ0n) is 7.42. The third-order valence-corrected chi connectivity index (χ3v) is 3.23. The third kappa shape index (κ3) is 1.37. The van der Waals surface area contributed by atoms with Crippen LogP contribution in [0.1, 0.15) is 0 Å². The molecule has 14 heavy (non-hydrogen) atoms. The molecule has 4 heteroatoms. The first-order chi connectivity index (χ1) is 6.61. The van der Waals surface area contributed by atoms with Crippen LogP contribution in [0.5, 0.6) is 0 Å². The highest BCUT2D eigenvalue weighted by Gasteiger charge is 2.06. The van der Waals surface area contributed by atoms with E-state index in [9.17, 15) is 4.79 Å². The first-order valence-corrected chi connectivity index (χ1v) is 5.22. The first-order valence-electron chi connectivity index (χ1n) is 4.05. The summed E-state index contributed by atoms with van der Waals surface area (Å²) in [6.07, 6.45) is 0. The van der Waals surface area contributed by atoms with E-state index in [0.717, 1.165) is 9.86 Å². The van der Waals surface area contributed by atoms with Crippen LogP contribution in [0.4, 0.5) is 0 Å². The minimum absolute atomic E-state index is 0.0752. The maximum atomic E-state index is 11.8. The molecule has 0 atom stereocenters. The lowest BCUT2D eigenvalue weighted by atomic mass is 10.2. The molecule has 0 radical (unpaired) electrons. The van der Waals surface area contributed by atoms with Crippen molar-refractivity contribution in [3.05, 3.63) is 44.2 Å². The summed E-state index contributed by atoms with van der Waals surface area (Å²) in [5.74, 6) is 0. The number of pyridine rings is 1. The molecular weight excluding hydrogens is 265 g/mol. The Morgan fingerprint density at radius 3 is 2.79 bits per heavy atom. The van der Waals surface area contributed by atoms with Crippen LogP contribution in [-0.4, -0.2) is 4.57 Å². The van der Waals surface area contributed by atoms with Gasteiger partial charge in [0, 0.05) is 22.3 Å². The standard InChI is InChI=1S/C10H7BrClNO/c1-13-9(12)5-7-6(10(13)14)3-2-4-8(7)11/h2-5H,1H3. The largest absolute Gasteiger partial charge is 0.302 e. The summed E-state index contributed by atoms with van der Waals surface area (Å²) in [6, 6.07) is 7.29. The van der Waals surface area contributed by atoms with Crippen LogP contribution in [0, 0.1) is 0 Å². The lowest BCUT2D eigenvalue weighted by Gasteiger charge is -2.05. The van der Waals surface area contributed by atoms with Gasteiger partial charge in [-0.25, -0.2) is 0 Å². The molecule has 0 saturated heterocycles. The minimum Gasteiger partial charge on any atom is -0.302 e. The fourth-order valence-corrected chi connectivity index (χ4v) is 2.03. The van der Waals surface area contributed by atoms with Gasteiger partial charge in [0.05, 0.1) is 0 Å². The highest BCUT2D eigenvalue weighted by molar-refractivity contribution is 9.10. The summed E-state index contributed by atoms with van der Waals surface area (Å²) in [4.78, 5) is 11.8. The van der Waals surface area contributed by atoms with Crippen molar-refractivity contribution >= 4 is 38.3 Å². The second-order valence-corrected chi connectivity index (χ2v) is 4.27. The monoisotopic (exact) mass is 271 g/mol. The van der Waals surface area contributed by atoms with E-state index in [-0.39, 0.29) is 5.56 Å². The number of aromatic nitrogens is 1. The van der Waals surface area contributed by atoms with Crippen LogP contribution in [0.2, 0.25) is 5.15 Å². The second-order valence-electron chi connectivity index (χ2n) is 3.03. The first kappa shape index (κ1) is 9.74. The second kappa shape index (κ2) is 3.41. The fourth-order valence-electron chi connectivity index (χ4n) is 1.36. The van der Waals surface area contributed by atoms with E-state index >= 15 is 0 Å². The number of nitrogens with zero attached hydrogens (tertiary/aromatic N) is 1. The van der Waals surface area contributed by atoms with Crippen LogP contribution in [0.3, 0.4) is 0 Å². The smallest absolute Gasteiger partial charge is 0.259 e. The summed E-state index contributed by atoms with van der Waals surface area (Å²) < 4.78 is 2.31. The molecule has 0 spiro atoms. The molecule has 0 saturated carbocycles. The zero-order chi connectivity index (χ0) is 10.3. The molecule has 0 unspecified atom stereocenters. The van der Waals surface area contributed by atoms with Gasteiger partial charge in [-0.3, -0.25) is 4.79 Å². The number of halogens is 2. The summed E-state index contributed by atoms with van der Waals surface area (Å²) in [5, 5.41) is 1.96. The Hall–Kier alpha value is -0.800. The van der Waals surface area contributed by atoms with Gasteiger partial charge in [0.15, 0.2) is 0 Å². The molecule has 0 aliphatic carbocycles. The van der Waals surface area contributed by atoms with Crippen molar-refractivity contribution in [2.45, 2.75) is 0 Å². The van der Waals surface area contributed by atoms with Crippen molar-refractivity contribution < 1.29 is 0 Å². The molecule has 1 aromatic carbocycles. The number of hydrogen-bond acceptors (Lipinski definition) is 1. The Balaban J connectivity index is 3.06. The van der Waals surface area contributed by atoms with Gasteiger partial charge >= 0.3 is 0 Å². The average Bonchev–Trinajstić information content (AvgIpc) is 2.17. The normalized spacial score (nSPS) is 10.8. The van der Waals surface area contributed by atoms with Gasteiger partial charge in [-0.1, -0.05) is 33.6 Å². The summed E-state index contributed by atoms with van der Waals surface area (Å²) in [7, 11) is 1.66. The predicted octanol–water partition coefficient (Wildman–Crippen LogP) is 2.95. The van der Waals surface area contributed by atoms with Crippen molar-refractivity contribution in [3.63, 3.8) is 0 Å². The molecule has 0 amide bonds. The number of fused-ring (bicyclic) bond motifs is 1. The van der Waals surface area contributed by atoms with Gasteiger partial charge < -0.3 is 4.57 Å². The number of hydrogen-bond donors (Lipinski definition) is 0. The van der Waals surface area contributed by atoms with Crippen LogP contribution >= 0.6 is 27.5 Å². The van der Waals surface area contributed by atoms with Crippen molar-refractivity contribution in [1.29, 1.82) is 0 Å². The van der Waals surface area contributed by atoms with E-state index in [1.807, 2.05) is 12.1 Å². The van der Waals surface area contributed by atoms with Crippen LogP contribution in [0.15, 0.2) is 33.5 Å². The average molecular weight is 273 g/mol. The third-order valence-electron chi connectivity index (χ3n) is 2.17. The highest BCUT2D eigenvalue weighted by Crippen LogP contribution is 2.23. The van der Waals surface area contributed by atoms with Crippen molar-refractivity contribution in [3.8, 4) is 0 Å². The van der Waals surface area contributed by atoms with Crippen LogP contribution in [-0.2, 0) is 7.05 Å². The molecule has 0 N–H and O–H groups in total. The maximum Gasteiger partial charge on any atom is 0.259 e. The van der Waals surface area contributed by atoms with E-state index in [2.05, 4.69) is 15.9 Å². The fraction of sp³-hybridized carbons (Fsp3) is 0.100. The molecule has 72 valence electrons. The predicted molar refractivity (Wildman–Crippen MR) is 61.9 cm³/mol. The molecular formula is C10H7BrClNO. The Morgan fingerprint density at radius 1 is 1.36 bits per heavy atom. The number of benzene rings is 1. The lowest BCUT2D eigenvalue weighted by Crippen LogP contribution is -2.17. The Labute approximate surface area is 94.2 Å². The lowest BCUT2D eigenvalue weighted by molar-refractivity contribution is 0.874. The van der Waals surface area contributed by atoms with E-state index in [4.69, 9.17) is 11.6 Å². The van der Waals surface area contributed by atoms with E-state index in [0.29, 0.717) is 10.5 Å². The molecule has 1 aromatic heterocycles. The quantitative estimate of drug-likeness (QED) is 0.676. The summed E-state index contributed by atoms with van der Waals surface area (Å²) >= 11 is 9.29. The SMILES string of the molecule is Cn1c(Cl)cc2c(Br)cccc2c1=O. The summed E-state index contributed by atoms with van der Waals surface area (Å²) in [6.45, 7) is 0. The van der Waals surface area contributed by atoms with Gasteiger partial charge in [-0.2, -0.15) is 0 Å². The molecule has 0 aliphatic heterocycles. The number of rotatable bonds is 0.